The fourth-order valence-corrected chi connectivity index (χ4v) is 3.56. The van der Waals surface area contributed by atoms with Crippen LogP contribution in [0.15, 0.2) is 30.5 Å². The van der Waals surface area contributed by atoms with E-state index in [1.807, 2.05) is 52.0 Å². The van der Waals surface area contributed by atoms with Crippen molar-refractivity contribution in [2.45, 2.75) is 58.7 Å². The molecule has 10 nitrogen and oxygen atoms in total. The minimum absolute atomic E-state index is 0.0826. The number of fused-ring (bicyclic) bond motifs is 1. The molecule has 34 heavy (non-hydrogen) atoms. The monoisotopic (exact) mass is 473 g/mol. The minimum Gasteiger partial charge on any atom is -0.480 e. The van der Waals surface area contributed by atoms with Gasteiger partial charge in [-0.15, -0.1) is 0 Å². The summed E-state index contributed by atoms with van der Waals surface area (Å²) in [5, 5.41) is 17.6. The largest absolute Gasteiger partial charge is 0.480 e. The number of aromatic nitrogens is 1. The Labute approximate surface area is 199 Å². The lowest BCUT2D eigenvalue weighted by Crippen LogP contribution is -2.57. The van der Waals surface area contributed by atoms with Crippen molar-refractivity contribution in [3.05, 3.63) is 36.0 Å². The lowest BCUT2D eigenvalue weighted by molar-refractivity contribution is -0.138. The van der Waals surface area contributed by atoms with Gasteiger partial charge in [0.1, 0.15) is 18.6 Å². The molecule has 3 atom stereocenters. The molecule has 0 radical (unpaired) electrons. The van der Waals surface area contributed by atoms with Gasteiger partial charge in [-0.05, 0) is 29.9 Å². The zero-order valence-electron chi connectivity index (χ0n) is 20.1. The second-order valence-electron chi connectivity index (χ2n) is 9.20. The molecule has 7 N–H and O–H groups in total. The highest BCUT2D eigenvalue weighted by molar-refractivity contribution is 5.94. The first-order chi connectivity index (χ1) is 16.0. The third kappa shape index (κ3) is 7.58. The average molecular weight is 474 g/mol. The molecular formula is C24H35N5O5. The topological polar surface area (TPSA) is 166 Å². The molecule has 186 valence electrons. The van der Waals surface area contributed by atoms with Gasteiger partial charge in [0, 0.05) is 23.5 Å². The Hall–Kier alpha value is -3.40. The van der Waals surface area contributed by atoms with Gasteiger partial charge < -0.3 is 31.8 Å². The van der Waals surface area contributed by atoms with E-state index in [1.54, 1.807) is 6.20 Å². The molecule has 0 fully saturated rings. The maximum absolute atomic E-state index is 13.2. The van der Waals surface area contributed by atoms with Gasteiger partial charge in [0.25, 0.3) is 0 Å². The molecule has 1 aromatic carbocycles. The molecule has 1 heterocycles. The van der Waals surface area contributed by atoms with Crippen molar-refractivity contribution >= 4 is 34.6 Å². The number of carbonyl (C=O) groups is 4. The maximum atomic E-state index is 13.2. The quantitative estimate of drug-likeness (QED) is 0.268. The number of rotatable bonds is 12. The van der Waals surface area contributed by atoms with Gasteiger partial charge in [0.2, 0.25) is 17.7 Å². The third-order valence-electron chi connectivity index (χ3n) is 5.51. The van der Waals surface area contributed by atoms with Crippen LogP contribution in [0.25, 0.3) is 10.9 Å². The first-order valence-electron chi connectivity index (χ1n) is 11.4. The summed E-state index contributed by atoms with van der Waals surface area (Å²) in [4.78, 5) is 52.6. The van der Waals surface area contributed by atoms with Crippen LogP contribution < -0.4 is 21.7 Å². The number of nitrogens with two attached hydrogens (primary N) is 1. The van der Waals surface area contributed by atoms with Crippen LogP contribution >= 0.6 is 0 Å². The van der Waals surface area contributed by atoms with Gasteiger partial charge in [-0.2, -0.15) is 0 Å². The third-order valence-corrected chi connectivity index (χ3v) is 5.51. The van der Waals surface area contributed by atoms with Gasteiger partial charge in [-0.25, -0.2) is 0 Å². The summed E-state index contributed by atoms with van der Waals surface area (Å²) in [6.07, 6.45) is 2.23. The van der Waals surface area contributed by atoms with Crippen molar-refractivity contribution in [1.82, 2.24) is 20.9 Å². The Morgan fingerprint density at radius 1 is 0.971 bits per heavy atom. The first kappa shape index (κ1) is 26.8. The number of H-pyrrole nitrogens is 1. The second-order valence-corrected chi connectivity index (χ2v) is 9.20. The number of carboxylic acid groups (broad SMARTS) is 1. The molecule has 0 bridgehead atoms. The summed E-state index contributed by atoms with van der Waals surface area (Å²) in [7, 11) is 0. The van der Waals surface area contributed by atoms with E-state index < -0.39 is 48.4 Å². The summed E-state index contributed by atoms with van der Waals surface area (Å²) >= 11 is 0. The van der Waals surface area contributed by atoms with Crippen molar-refractivity contribution < 1.29 is 24.3 Å². The first-order valence-corrected chi connectivity index (χ1v) is 11.4. The highest BCUT2D eigenvalue weighted by Crippen LogP contribution is 2.19. The van der Waals surface area contributed by atoms with Crippen LogP contribution in [0.3, 0.4) is 0 Å². The molecule has 10 heteroatoms. The number of hydrogen-bond acceptors (Lipinski definition) is 5. The Morgan fingerprint density at radius 3 is 2.24 bits per heavy atom. The zero-order valence-corrected chi connectivity index (χ0v) is 20.1. The molecule has 2 rings (SSSR count). The molecule has 2 aromatic rings. The lowest BCUT2D eigenvalue weighted by atomic mass is 9.99. The molecule has 3 amide bonds. The van der Waals surface area contributed by atoms with Gasteiger partial charge in [-0.3, -0.25) is 19.2 Å². The minimum atomic E-state index is -1.20. The smallest absolute Gasteiger partial charge is 0.322 e. The highest BCUT2D eigenvalue weighted by atomic mass is 16.4. The van der Waals surface area contributed by atoms with E-state index in [-0.39, 0.29) is 18.3 Å². The maximum Gasteiger partial charge on any atom is 0.322 e. The normalized spacial score (nSPS) is 14.0. The van der Waals surface area contributed by atoms with Crippen LogP contribution in [0.5, 0.6) is 0 Å². The van der Waals surface area contributed by atoms with Gasteiger partial charge in [-0.1, -0.05) is 45.9 Å². The summed E-state index contributed by atoms with van der Waals surface area (Å²) in [5.41, 5.74) is 7.60. The standard InChI is InChI=1S/C24H35N5O5/c1-13(2)9-18(29-24(34)21(25)14(3)4)23(33)28-19(22(32)27-12-20(30)31)10-15-11-26-17-8-6-5-7-16(15)17/h5-8,11,13-14,18-19,21,26H,9-10,12,25H2,1-4H3,(H,27,32)(H,28,33)(H,29,34)(H,30,31). The second kappa shape index (κ2) is 12.2. The summed E-state index contributed by atoms with van der Waals surface area (Å²) in [5.74, 6) is -2.83. The molecule has 0 aliphatic carbocycles. The number of benzene rings is 1. The molecule has 3 unspecified atom stereocenters. The van der Waals surface area contributed by atoms with E-state index in [0.29, 0.717) is 6.42 Å². The van der Waals surface area contributed by atoms with Crippen molar-refractivity contribution in [3.8, 4) is 0 Å². The summed E-state index contributed by atoms with van der Waals surface area (Å²) < 4.78 is 0. The van der Waals surface area contributed by atoms with Crippen LogP contribution in [-0.2, 0) is 25.6 Å². The molecule has 0 spiro atoms. The number of aliphatic carboxylic acids is 1. The van der Waals surface area contributed by atoms with E-state index in [2.05, 4.69) is 20.9 Å². The van der Waals surface area contributed by atoms with Gasteiger partial charge >= 0.3 is 5.97 Å². The zero-order chi connectivity index (χ0) is 25.4. The Morgan fingerprint density at radius 2 is 1.62 bits per heavy atom. The van der Waals surface area contributed by atoms with Crippen molar-refractivity contribution in [3.63, 3.8) is 0 Å². The Kier molecular flexibility index (Phi) is 9.61. The number of aromatic amines is 1. The van der Waals surface area contributed by atoms with Crippen molar-refractivity contribution in [2.75, 3.05) is 6.54 Å². The predicted molar refractivity (Wildman–Crippen MR) is 129 cm³/mol. The number of nitrogens with one attached hydrogen (secondary N) is 4. The number of para-hydroxylation sites is 1. The predicted octanol–water partition coefficient (Wildman–Crippen LogP) is 0.910. The number of carbonyl (C=O) groups excluding carboxylic acids is 3. The van der Waals surface area contributed by atoms with Gasteiger partial charge in [0.15, 0.2) is 0 Å². The molecular weight excluding hydrogens is 438 g/mol. The van der Waals surface area contributed by atoms with E-state index in [0.717, 1.165) is 16.5 Å². The molecule has 1 aromatic heterocycles. The van der Waals surface area contributed by atoms with E-state index >= 15 is 0 Å². The van der Waals surface area contributed by atoms with E-state index in [4.69, 9.17) is 10.8 Å². The number of amides is 3. The average Bonchev–Trinajstić information content (AvgIpc) is 3.18. The number of hydrogen-bond donors (Lipinski definition) is 6. The van der Waals surface area contributed by atoms with Gasteiger partial charge in [0.05, 0.1) is 6.04 Å². The lowest BCUT2D eigenvalue weighted by Gasteiger charge is -2.25. The number of carboxylic acids is 1. The fourth-order valence-electron chi connectivity index (χ4n) is 3.56. The SMILES string of the molecule is CC(C)CC(NC(=O)C(N)C(C)C)C(=O)NC(Cc1c[nH]c2ccccc12)C(=O)NCC(=O)O. The van der Waals surface area contributed by atoms with E-state index in [1.165, 1.54) is 0 Å². The molecule has 0 saturated heterocycles. The highest BCUT2D eigenvalue weighted by Gasteiger charge is 2.30. The molecule has 0 saturated carbocycles. The van der Waals surface area contributed by atoms with Crippen LogP contribution in [0.1, 0.15) is 39.7 Å². The summed E-state index contributed by atoms with van der Waals surface area (Å²) in [6.45, 7) is 6.88. The Bertz CT molecular complexity index is 1020. The summed E-state index contributed by atoms with van der Waals surface area (Å²) in [6, 6.07) is 4.81. The van der Waals surface area contributed by atoms with E-state index in [9.17, 15) is 19.2 Å². The van der Waals surface area contributed by atoms with Crippen molar-refractivity contribution in [2.24, 2.45) is 17.6 Å². The fraction of sp³-hybridized carbons (Fsp3) is 0.500. The van der Waals surface area contributed by atoms with Crippen LogP contribution in [-0.4, -0.2) is 58.5 Å². The molecule has 0 aliphatic heterocycles. The van der Waals surface area contributed by atoms with Crippen LogP contribution in [0.2, 0.25) is 0 Å². The van der Waals surface area contributed by atoms with Crippen LogP contribution in [0.4, 0.5) is 0 Å². The Balaban J connectivity index is 2.25. The molecule has 0 aliphatic rings. The van der Waals surface area contributed by atoms with Crippen LogP contribution in [0, 0.1) is 11.8 Å². The van der Waals surface area contributed by atoms with Crippen molar-refractivity contribution in [1.29, 1.82) is 0 Å².